The van der Waals surface area contributed by atoms with Crippen molar-refractivity contribution in [1.29, 1.82) is 0 Å². The van der Waals surface area contributed by atoms with E-state index in [1.54, 1.807) is 22.5 Å². The summed E-state index contributed by atoms with van der Waals surface area (Å²) in [7, 11) is 1.62. The van der Waals surface area contributed by atoms with Gasteiger partial charge in [-0.1, -0.05) is 60.7 Å². The zero-order valence-electron chi connectivity index (χ0n) is 17.0. The quantitative estimate of drug-likeness (QED) is 0.426. The van der Waals surface area contributed by atoms with Crippen LogP contribution in [0.25, 0.3) is 27.9 Å². The topological polar surface area (TPSA) is 87.2 Å². The van der Waals surface area contributed by atoms with Gasteiger partial charge < -0.3 is 4.74 Å². The summed E-state index contributed by atoms with van der Waals surface area (Å²) >= 11 is 0. The van der Waals surface area contributed by atoms with Gasteiger partial charge in [-0.3, -0.25) is 9.36 Å². The monoisotopic (exact) mass is 412 g/mol. The fourth-order valence-electron chi connectivity index (χ4n) is 3.69. The van der Waals surface area contributed by atoms with Crippen LogP contribution in [0.1, 0.15) is 11.3 Å². The summed E-state index contributed by atoms with van der Waals surface area (Å²) in [6, 6.07) is 19.8. The van der Waals surface area contributed by atoms with Crippen LogP contribution in [0, 0.1) is 0 Å². The van der Waals surface area contributed by atoms with Crippen LogP contribution in [0.4, 0.5) is 0 Å². The smallest absolute Gasteiger partial charge is 0.283 e. The molecular weight excluding hydrogens is 392 g/mol. The highest BCUT2D eigenvalue weighted by Gasteiger charge is 2.20. The molecule has 2 aromatic carbocycles. The van der Waals surface area contributed by atoms with Gasteiger partial charge in [-0.25, -0.2) is 4.98 Å². The van der Waals surface area contributed by atoms with Crippen molar-refractivity contribution in [3.8, 4) is 11.1 Å². The highest BCUT2D eigenvalue weighted by atomic mass is 16.5. The Labute approximate surface area is 177 Å². The molecule has 0 unspecified atom stereocenters. The molecule has 0 saturated heterocycles. The van der Waals surface area contributed by atoms with E-state index < -0.39 is 0 Å². The van der Waals surface area contributed by atoms with Crippen molar-refractivity contribution in [3.05, 3.63) is 88.6 Å². The molecule has 0 N–H and O–H groups in total. The molecule has 8 nitrogen and oxygen atoms in total. The molecular formula is C23H20N6O2. The van der Waals surface area contributed by atoms with E-state index in [1.807, 2.05) is 60.7 Å². The minimum Gasteiger partial charge on any atom is -0.378 e. The molecule has 0 aliphatic heterocycles. The van der Waals surface area contributed by atoms with Gasteiger partial charge in [0.05, 0.1) is 17.9 Å². The fourth-order valence-corrected chi connectivity index (χ4v) is 3.69. The maximum atomic E-state index is 13.0. The van der Waals surface area contributed by atoms with Crippen LogP contribution < -0.4 is 5.56 Å². The minimum absolute atomic E-state index is 0.189. The lowest BCUT2D eigenvalue weighted by Gasteiger charge is -2.07. The number of methoxy groups -OCH3 is 1. The van der Waals surface area contributed by atoms with Gasteiger partial charge in [0.25, 0.3) is 5.56 Å². The van der Waals surface area contributed by atoms with Crippen LogP contribution in [0.3, 0.4) is 0 Å². The van der Waals surface area contributed by atoms with Gasteiger partial charge in [0.2, 0.25) is 0 Å². The number of aryl methyl sites for hydroxylation is 2. The van der Waals surface area contributed by atoms with Crippen LogP contribution >= 0.6 is 0 Å². The van der Waals surface area contributed by atoms with Gasteiger partial charge in [-0.2, -0.15) is 9.61 Å². The third-order valence-corrected chi connectivity index (χ3v) is 5.20. The third kappa shape index (κ3) is 3.47. The summed E-state index contributed by atoms with van der Waals surface area (Å²) in [5.74, 6) is 0. The number of fused-ring (bicyclic) bond motifs is 3. The van der Waals surface area contributed by atoms with Crippen LogP contribution in [0.15, 0.2) is 71.8 Å². The first-order chi connectivity index (χ1) is 15.3. The molecule has 0 bridgehead atoms. The normalized spacial score (nSPS) is 11.4. The summed E-state index contributed by atoms with van der Waals surface area (Å²) in [6.07, 6.45) is 2.27. The second kappa shape index (κ2) is 8.08. The Hall–Kier alpha value is -3.91. The highest BCUT2D eigenvalue weighted by Crippen LogP contribution is 2.28. The van der Waals surface area contributed by atoms with Gasteiger partial charge >= 0.3 is 0 Å². The summed E-state index contributed by atoms with van der Waals surface area (Å²) in [5, 5.41) is 13.2. The van der Waals surface area contributed by atoms with E-state index in [-0.39, 0.29) is 11.1 Å². The van der Waals surface area contributed by atoms with E-state index in [4.69, 9.17) is 4.74 Å². The number of nitrogens with zero attached hydrogens (tertiary/aromatic N) is 6. The maximum Gasteiger partial charge on any atom is 0.283 e. The van der Waals surface area contributed by atoms with Crippen molar-refractivity contribution < 1.29 is 4.74 Å². The van der Waals surface area contributed by atoms with E-state index in [0.717, 1.165) is 23.1 Å². The highest BCUT2D eigenvalue weighted by molar-refractivity contribution is 5.83. The molecule has 5 aromatic rings. The molecule has 0 spiro atoms. The predicted molar refractivity (Wildman–Crippen MR) is 117 cm³/mol. The zero-order valence-corrected chi connectivity index (χ0v) is 17.0. The van der Waals surface area contributed by atoms with Crippen molar-refractivity contribution in [1.82, 2.24) is 29.4 Å². The van der Waals surface area contributed by atoms with E-state index >= 15 is 0 Å². The Bertz CT molecular complexity index is 1410. The molecule has 31 heavy (non-hydrogen) atoms. The Balaban J connectivity index is 1.62. The molecule has 3 aromatic heterocycles. The van der Waals surface area contributed by atoms with E-state index in [0.29, 0.717) is 30.1 Å². The molecule has 5 rings (SSSR count). The summed E-state index contributed by atoms with van der Waals surface area (Å²) < 4.78 is 8.49. The maximum absolute atomic E-state index is 13.0. The SMILES string of the molecule is COCc1nn2c(nnc3c(=O)n(CCc4ccccc4)cnc32)c1-c1ccccc1. The van der Waals surface area contributed by atoms with Crippen LogP contribution in [0.2, 0.25) is 0 Å². The second-order valence-corrected chi connectivity index (χ2v) is 7.21. The molecule has 3 heterocycles. The molecule has 0 amide bonds. The zero-order chi connectivity index (χ0) is 21.2. The lowest BCUT2D eigenvalue weighted by molar-refractivity contribution is 0.181. The van der Waals surface area contributed by atoms with Gasteiger partial charge in [0.15, 0.2) is 16.8 Å². The number of aromatic nitrogens is 6. The number of ether oxygens (including phenoxy) is 1. The number of hydrogen-bond donors (Lipinski definition) is 0. The molecule has 8 heteroatoms. The molecule has 0 atom stereocenters. The summed E-state index contributed by atoms with van der Waals surface area (Å²) in [4.78, 5) is 17.5. The summed E-state index contributed by atoms with van der Waals surface area (Å²) in [6.45, 7) is 0.817. The molecule has 154 valence electrons. The van der Waals surface area contributed by atoms with Crippen molar-refractivity contribution >= 4 is 16.8 Å². The largest absolute Gasteiger partial charge is 0.378 e. The third-order valence-electron chi connectivity index (χ3n) is 5.20. The first-order valence-electron chi connectivity index (χ1n) is 9.98. The van der Waals surface area contributed by atoms with Crippen molar-refractivity contribution in [2.75, 3.05) is 7.11 Å². The number of rotatable bonds is 6. The van der Waals surface area contributed by atoms with E-state index in [1.165, 1.54) is 0 Å². The molecule has 0 fully saturated rings. The molecule has 0 aliphatic rings. The van der Waals surface area contributed by atoms with Crippen LogP contribution in [-0.2, 0) is 24.3 Å². The Kier molecular flexibility index (Phi) is 4.97. The molecule has 0 saturated carbocycles. The first kappa shape index (κ1) is 19.1. The molecule has 0 aliphatic carbocycles. The van der Waals surface area contributed by atoms with Gasteiger partial charge in [0, 0.05) is 13.7 Å². The number of hydrogen-bond acceptors (Lipinski definition) is 6. The Morgan fingerprint density at radius 3 is 2.42 bits per heavy atom. The van der Waals surface area contributed by atoms with Crippen molar-refractivity contribution in [3.63, 3.8) is 0 Å². The Morgan fingerprint density at radius 1 is 0.935 bits per heavy atom. The van der Waals surface area contributed by atoms with E-state index in [9.17, 15) is 4.79 Å². The fraction of sp³-hybridized carbons (Fsp3) is 0.174. The summed E-state index contributed by atoms with van der Waals surface area (Å²) in [5.41, 5.74) is 4.52. The molecule has 0 radical (unpaired) electrons. The van der Waals surface area contributed by atoms with Gasteiger partial charge in [-0.05, 0) is 17.5 Å². The van der Waals surface area contributed by atoms with Crippen molar-refractivity contribution in [2.24, 2.45) is 0 Å². The van der Waals surface area contributed by atoms with Crippen molar-refractivity contribution in [2.45, 2.75) is 19.6 Å². The lowest BCUT2D eigenvalue weighted by Crippen LogP contribution is -2.23. The minimum atomic E-state index is -0.236. The lowest BCUT2D eigenvalue weighted by atomic mass is 10.1. The van der Waals surface area contributed by atoms with Crippen LogP contribution in [-0.4, -0.2) is 36.5 Å². The predicted octanol–water partition coefficient (Wildman–Crippen LogP) is 2.89. The van der Waals surface area contributed by atoms with Gasteiger partial charge in [0.1, 0.15) is 6.33 Å². The average Bonchev–Trinajstić information content (AvgIpc) is 3.18. The van der Waals surface area contributed by atoms with Gasteiger partial charge in [-0.15, -0.1) is 10.2 Å². The standard InChI is InChI=1S/C23H20N6O2/c1-31-14-18-19(17-10-6-3-7-11-17)21-26-25-20-22(29(21)27-18)24-15-28(23(20)30)13-12-16-8-4-2-5-9-16/h2-11,15H,12-14H2,1H3. The average molecular weight is 412 g/mol. The van der Waals surface area contributed by atoms with Crippen LogP contribution in [0.5, 0.6) is 0 Å². The second-order valence-electron chi connectivity index (χ2n) is 7.21. The Morgan fingerprint density at radius 2 is 1.68 bits per heavy atom. The van der Waals surface area contributed by atoms with E-state index in [2.05, 4.69) is 20.3 Å². The number of benzene rings is 2. The first-order valence-corrected chi connectivity index (χ1v) is 9.98.